The summed E-state index contributed by atoms with van der Waals surface area (Å²) in [6, 6.07) is 10.2. The van der Waals surface area contributed by atoms with E-state index < -0.39 is 0 Å². The number of rotatable bonds is 7. The highest BCUT2D eigenvalue weighted by atomic mass is 16.2. The van der Waals surface area contributed by atoms with E-state index in [1.54, 1.807) is 0 Å². The predicted octanol–water partition coefficient (Wildman–Crippen LogP) is 2.65. The molecule has 122 valence electrons. The van der Waals surface area contributed by atoms with E-state index in [9.17, 15) is 4.79 Å². The maximum absolute atomic E-state index is 11.7. The van der Waals surface area contributed by atoms with Gasteiger partial charge in [-0.1, -0.05) is 37.3 Å². The molecule has 0 bridgehead atoms. The minimum absolute atomic E-state index is 0.0526. The highest BCUT2D eigenvalue weighted by Gasteiger charge is 2.14. The van der Waals surface area contributed by atoms with Crippen LogP contribution in [0.3, 0.4) is 0 Å². The fourth-order valence-corrected chi connectivity index (χ4v) is 2.82. The first-order chi connectivity index (χ1) is 10.7. The summed E-state index contributed by atoms with van der Waals surface area (Å²) in [5.41, 5.74) is 1.25. The molecule has 0 saturated carbocycles. The molecule has 2 rings (SSSR count). The molecule has 1 saturated heterocycles. The van der Waals surface area contributed by atoms with Gasteiger partial charge in [-0.05, 0) is 56.8 Å². The molecule has 0 atom stereocenters. The zero-order valence-corrected chi connectivity index (χ0v) is 13.7. The number of urea groups is 1. The van der Waals surface area contributed by atoms with E-state index in [2.05, 4.69) is 34.6 Å². The van der Waals surface area contributed by atoms with Crippen molar-refractivity contribution in [3.63, 3.8) is 0 Å². The van der Waals surface area contributed by atoms with Gasteiger partial charge < -0.3 is 15.5 Å². The van der Waals surface area contributed by atoms with Gasteiger partial charge in [0.25, 0.3) is 0 Å². The van der Waals surface area contributed by atoms with Gasteiger partial charge in [0.15, 0.2) is 0 Å². The summed E-state index contributed by atoms with van der Waals surface area (Å²) in [5.74, 6) is 0.879. The van der Waals surface area contributed by atoms with Gasteiger partial charge in [-0.2, -0.15) is 0 Å². The van der Waals surface area contributed by atoms with Gasteiger partial charge in [0.2, 0.25) is 0 Å². The lowest BCUT2D eigenvalue weighted by Crippen LogP contribution is -2.39. The van der Waals surface area contributed by atoms with E-state index in [0.29, 0.717) is 6.54 Å². The van der Waals surface area contributed by atoms with Crippen molar-refractivity contribution in [2.75, 3.05) is 32.7 Å². The van der Waals surface area contributed by atoms with Gasteiger partial charge in [0, 0.05) is 13.1 Å². The Labute approximate surface area is 134 Å². The summed E-state index contributed by atoms with van der Waals surface area (Å²) >= 11 is 0. The molecular weight excluding hydrogens is 274 g/mol. The Morgan fingerprint density at radius 3 is 2.55 bits per heavy atom. The van der Waals surface area contributed by atoms with Gasteiger partial charge >= 0.3 is 6.03 Å². The maximum Gasteiger partial charge on any atom is 0.314 e. The maximum atomic E-state index is 11.7. The molecule has 1 aliphatic heterocycles. The average Bonchev–Trinajstić information content (AvgIpc) is 2.54. The van der Waals surface area contributed by atoms with Crippen LogP contribution in [0.1, 0.15) is 31.7 Å². The number of nitrogens with one attached hydrogen (secondary N) is 2. The zero-order chi connectivity index (χ0) is 15.6. The molecule has 4 nitrogen and oxygen atoms in total. The molecule has 1 aromatic carbocycles. The molecule has 2 amide bonds. The number of hydrogen-bond acceptors (Lipinski definition) is 2. The molecule has 0 aromatic heterocycles. The standard InChI is InChI=1S/C18H29N3O/c1-16-9-14-21(15-10-16)13-5-11-19-18(22)20-12-8-17-6-3-2-4-7-17/h2-4,6-7,16H,5,8-15H2,1H3,(H2,19,20,22). The fraction of sp³-hybridized carbons (Fsp3) is 0.611. The number of benzene rings is 1. The average molecular weight is 303 g/mol. The molecule has 0 radical (unpaired) electrons. The lowest BCUT2D eigenvalue weighted by molar-refractivity contribution is 0.190. The summed E-state index contributed by atoms with van der Waals surface area (Å²) in [7, 11) is 0. The van der Waals surface area contributed by atoms with Crippen molar-refractivity contribution in [1.82, 2.24) is 15.5 Å². The number of hydrogen-bond donors (Lipinski definition) is 2. The molecular formula is C18H29N3O. The Morgan fingerprint density at radius 2 is 1.82 bits per heavy atom. The smallest absolute Gasteiger partial charge is 0.314 e. The first kappa shape index (κ1) is 16.8. The lowest BCUT2D eigenvalue weighted by Gasteiger charge is -2.30. The first-order valence-electron chi connectivity index (χ1n) is 8.52. The largest absolute Gasteiger partial charge is 0.338 e. The molecule has 0 spiro atoms. The van der Waals surface area contributed by atoms with Gasteiger partial charge in [-0.15, -0.1) is 0 Å². The predicted molar refractivity (Wildman–Crippen MR) is 91.0 cm³/mol. The monoisotopic (exact) mass is 303 g/mol. The molecule has 1 aliphatic rings. The summed E-state index contributed by atoms with van der Waals surface area (Å²) in [6.45, 7) is 7.29. The van der Waals surface area contributed by atoms with Crippen LogP contribution in [0.25, 0.3) is 0 Å². The number of carbonyl (C=O) groups is 1. The minimum atomic E-state index is -0.0526. The Bertz CT molecular complexity index is 427. The van der Waals surface area contributed by atoms with E-state index >= 15 is 0 Å². The van der Waals surface area contributed by atoms with Crippen LogP contribution >= 0.6 is 0 Å². The van der Waals surface area contributed by atoms with Crippen LogP contribution in [0.2, 0.25) is 0 Å². The number of amides is 2. The minimum Gasteiger partial charge on any atom is -0.338 e. The summed E-state index contributed by atoms with van der Waals surface area (Å²) in [5, 5.41) is 5.85. The number of carbonyl (C=O) groups excluding carboxylic acids is 1. The molecule has 1 fully saturated rings. The van der Waals surface area contributed by atoms with E-state index in [1.165, 1.54) is 31.5 Å². The topological polar surface area (TPSA) is 44.4 Å². The van der Waals surface area contributed by atoms with Crippen molar-refractivity contribution >= 4 is 6.03 Å². The van der Waals surface area contributed by atoms with Crippen molar-refractivity contribution < 1.29 is 4.79 Å². The molecule has 1 aromatic rings. The van der Waals surface area contributed by atoms with Crippen LogP contribution in [-0.2, 0) is 6.42 Å². The first-order valence-corrected chi connectivity index (χ1v) is 8.52. The fourth-order valence-electron chi connectivity index (χ4n) is 2.82. The van der Waals surface area contributed by atoms with Crippen LogP contribution in [0.4, 0.5) is 4.79 Å². The molecule has 0 unspecified atom stereocenters. The third-order valence-electron chi connectivity index (χ3n) is 4.35. The second-order valence-electron chi connectivity index (χ2n) is 6.30. The van der Waals surface area contributed by atoms with E-state index in [4.69, 9.17) is 0 Å². The van der Waals surface area contributed by atoms with Crippen molar-refractivity contribution in [1.29, 1.82) is 0 Å². The van der Waals surface area contributed by atoms with E-state index in [0.717, 1.165) is 31.8 Å². The molecule has 2 N–H and O–H groups in total. The lowest BCUT2D eigenvalue weighted by atomic mass is 9.99. The Balaban J connectivity index is 1.47. The zero-order valence-electron chi connectivity index (χ0n) is 13.7. The number of nitrogens with zero attached hydrogens (tertiary/aromatic N) is 1. The Hall–Kier alpha value is -1.55. The van der Waals surface area contributed by atoms with E-state index in [-0.39, 0.29) is 6.03 Å². The van der Waals surface area contributed by atoms with Crippen LogP contribution in [0.15, 0.2) is 30.3 Å². The molecule has 4 heteroatoms. The highest BCUT2D eigenvalue weighted by molar-refractivity contribution is 5.73. The second kappa shape index (κ2) is 9.46. The summed E-state index contributed by atoms with van der Waals surface area (Å²) < 4.78 is 0. The quantitative estimate of drug-likeness (QED) is 0.761. The van der Waals surface area contributed by atoms with Gasteiger partial charge in [-0.3, -0.25) is 0 Å². The van der Waals surface area contributed by atoms with Crippen LogP contribution in [-0.4, -0.2) is 43.7 Å². The van der Waals surface area contributed by atoms with Crippen molar-refractivity contribution in [2.24, 2.45) is 5.92 Å². The number of piperidine rings is 1. The second-order valence-corrected chi connectivity index (χ2v) is 6.30. The van der Waals surface area contributed by atoms with Crippen LogP contribution in [0.5, 0.6) is 0 Å². The van der Waals surface area contributed by atoms with Gasteiger partial charge in [-0.25, -0.2) is 4.79 Å². The van der Waals surface area contributed by atoms with Crippen molar-refractivity contribution in [3.8, 4) is 0 Å². The molecule has 0 aliphatic carbocycles. The van der Waals surface area contributed by atoms with Crippen molar-refractivity contribution in [3.05, 3.63) is 35.9 Å². The van der Waals surface area contributed by atoms with Gasteiger partial charge in [0.1, 0.15) is 0 Å². The third-order valence-corrected chi connectivity index (χ3v) is 4.35. The molecule has 22 heavy (non-hydrogen) atoms. The SMILES string of the molecule is CC1CCN(CCCNC(=O)NCCc2ccccc2)CC1. The van der Waals surface area contributed by atoms with Gasteiger partial charge in [0.05, 0.1) is 0 Å². The normalized spacial score (nSPS) is 16.4. The highest BCUT2D eigenvalue weighted by Crippen LogP contribution is 2.15. The third kappa shape index (κ3) is 6.48. The summed E-state index contributed by atoms with van der Waals surface area (Å²) in [6.07, 6.45) is 4.53. The van der Waals surface area contributed by atoms with E-state index in [1.807, 2.05) is 18.2 Å². The Kier molecular flexibility index (Phi) is 7.23. The Morgan fingerprint density at radius 1 is 1.14 bits per heavy atom. The molecule has 1 heterocycles. The van der Waals surface area contributed by atoms with Crippen LogP contribution in [0, 0.1) is 5.92 Å². The van der Waals surface area contributed by atoms with Crippen LogP contribution < -0.4 is 10.6 Å². The number of likely N-dealkylation sites (tertiary alicyclic amines) is 1. The summed E-state index contributed by atoms with van der Waals surface area (Å²) in [4.78, 5) is 14.2. The van der Waals surface area contributed by atoms with Crippen molar-refractivity contribution in [2.45, 2.75) is 32.6 Å².